The number of ether oxygens (including phenoxy) is 1. The number of allylic oxidation sites excluding steroid dienone is 1. The maximum absolute atomic E-state index is 5.43. The van der Waals surface area contributed by atoms with Crippen molar-refractivity contribution in [1.29, 1.82) is 0 Å². The van der Waals surface area contributed by atoms with E-state index in [-0.39, 0.29) is 0 Å². The van der Waals surface area contributed by atoms with Gasteiger partial charge < -0.3 is 4.74 Å². The molecule has 0 bridgehead atoms. The van der Waals surface area contributed by atoms with Crippen LogP contribution in [-0.4, -0.2) is 6.61 Å². The Balaban J connectivity index is 2.72. The number of aryl methyl sites for hydroxylation is 1. The Labute approximate surface area is 93.9 Å². The molecule has 1 nitrogen and oxygen atoms in total. The second kappa shape index (κ2) is 5.86. The zero-order valence-electron chi connectivity index (χ0n) is 8.42. The minimum atomic E-state index is 0.699. The highest BCUT2D eigenvalue weighted by molar-refractivity contribution is 9.10. The van der Waals surface area contributed by atoms with Crippen LogP contribution in [0.5, 0.6) is 5.75 Å². The second-order valence-corrected chi connectivity index (χ2v) is 3.88. The van der Waals surface area contributed by atoms with E-state index in [1.807, 2.05) is 19.1 Å². The predicted octanol–water partition coefficient (Wildman–Crippen LogP) is 3.97. The fourth-order valence-electron chi connectivity index (χ4n) is 1.24. The van der Waals surface area contributed by atoms with Gasteiger partial charge in [-0.2, -0.15) is 0 Å². The molecular weight excluding hydrogens is 240 g/mol. The number of benzene rings is 1. The Morgan fingerprint density at radius 3 is 2.86 bits per heavy atom. The number of hydrogen-bond donors (Lipinski definition) is 0. The van der Waals surface area contributed by atoms with Crippen molar-refractivity contribution in [3.63, 3.8) is 0 Å². The summed E-state index contributed by atoms with van der Waals surface area (Å²) in [6.45, 7) is 6.39. The van der Waals surface area contributed by atoms with E-state index in [0.717, 1.165) is 23.1 Å². The zero-order chi connectivity index (χ0) is 10.4. The van der Waals surface area contributed by atoms with Crippen molar-refractivity contribution in [2.24, 2.45) is 0 Å². The first-order valence-electron chi connectivity index (χ1n) is 4.80. The van der Waals surface area contributed by atoms with Gasteiger partial charge in [-0.15, -0.1) is 6.58 Å². The van der Waals surface area contributed by atoms with Crippen molar-refractivity contribution in [2.75, 3.05) is 6.61 Å². The molecule has 0 aliphatic heterocycles. The van der Waals surface area contributed by atoms with Gasteiger partial charge in [0, 0.05) is 0 Å². The third kappa shape index (κ3) is 3.18. The van der Waals surface area contributed by atoms with Crippen molar-refractivity contribution in [3.8, 4) is 5.75 Å². The molecule has 0 unspecified atom stereocenters. The Hall–Kier alpha value is -0.760. The highest BCUT2D eigenvalue weighted by Gasteiger charge is 2.01. The lowest BCUT2D eigenvalue weighted by atomic mass is 10.1. The minimum Gasteiger partial charge on any atom is -0.493 e. The molecule has 0 spiro atoms. The van der Waals surface area contributed by atoms with Gasteiger partial charge in [-0.05, 0) is 53.4 Å². The molecule has 0 aliphatic rings. The number of halogens is 1. The smallest absolute Gasteiger partial charge is 0.133 e. The molecule has 14 heavy (non-hydrogen) atoms. The van der Waals surface area contributed by atoms with Gasteiger partial charge in [0.05, 0.1) is 11.1 Å². The van der Waals surface area contributed by atoms with E-state index in [1.165, 1.54) is 5.56 Å². The Morgan fingerprint density at radius 2 is 2.29 bits per heavy atom. The summed E-state index contributed by atoms with van der Waals surface area (Å²) in [4.78, 5) is 0. The fourth-order valence-corrected chi connectivity index (χ4v) is 1.78. The lowest BCUT2D eigenvalue weighted by Crippen LogP contribution is -1.93. The first-order chi connectivity index (χ1) is 6.77. The van der Waals surface area contributed by atoms with E-state index >= 15 is 0 Å². The molecule has 0 saturated heterocycles. The van der Waals surface area contributed by atoms with Gasteiger partial charge in [0.2, 0.25) is 0 Å². The number of rotatable bonds is 5. The normalized spacial score (nSPS) is 9.86. The second-order valence-electron chi connectivity index (χ2n) is 3.03. The summed E-state index contributed by atoms with van der Waals surface area (Å²) in [5.41, 5.74) is 1.31. The molecule has 0 fully saturated rings. The lowest BCUT2D eigenvalue weighted by Gasteiger charge is -2.07. The standard InChI is InChI=1S/C12H15BrO/c1-3-5-6-10-7-8-12(14-4-2)11(13)9-10/h3,7-9H,1,4-6H2,2H3. The van der Waals surface area contributed by atoms with E-state index in [2.05, 4.69) is 34.6 Å². The van der Waals surface area contributed by atoms with Crippen LogP contribution in [0.4, 0.5) is 0 Å². The molecule has 1 aromatic carbocycles. The minimum absolute atomic E-state index is 0.699. The quantitative estimate of drug-likeness (QED) is 0.723. The van der Waals surface area contributed by atoms with Crippen LogP contribution in [-0.2, 0) is 6.42 Å². The van der Waals surface area contributed by atoms with Crippen LogP contribution in [0, 0.1) is 0 Å². The van der Waals surface area contributed by atoms with Gasteiger partial charge in [0.1, 0.15) is 5.75 Å². The molecule has 2 heteroatoms. The van der Waals surface area contributed by atoms with Gasteiger partial charge >= 0.3 is 0 Å². The first kappa shape index (κ1) is 11.3. The summed E-state index contributed by atoms with van der Waals surface area (Å²) < 4.78 is 6.46. The monoisotopic (exact) mass is 254 g/mol. The molecule has 0 N–H and O–H groups in total. The van der Waals surface area contributed by atoms with Gasteiger partial charge in [0.25, 0.3) is 0 Å². The highest BCUT2D eigenvalue weighted by atomic mass is 79.9. The summed E-state index contributed by atoms with van der Waals surface area (Å²) in [5, 5.41) is 0. The van der Waals surface area contributed by atoms with Crippen molar-refractivity contribution >= 4 is 15.9 Å². The van der Waals surface area contributed by atoms with Crippen LogP contribution < -0.4 is 4.74 Å². The third-order valence-electron chi connectivity index (χ3n) is 1.93. The van der Waals surface area contributed by atoms with Crippen LogP contribution in [0.1, 0.15) is 18.9 Å². The van der Waals surface area contributed by atoms with Gasteiger partial charge in [-0.25, -0.2) is 0 Å². The maximum Gasteiger partial charge on any atom is 0.133 e. The fraction of sp³-hybridized carbons (Fsp3) is 0.333. The topological polar surface area (TPSA) is 9.23 Å². The molecule has 76 valence electrons. The van der Waals surface area contributed by atoms with E-state index in [0.29, 0.717) is 6.61 Å². The Bertz CT molecular complexity index is 307. The molecule has 0 saturated carbocycles. The van der Waals surface area contributed by atoms with E-state index in [9.17, 15) is 0 Å². The zero-order valence-corrected chi connectivity index (χ0v) is 10.0. The van der Waals surface area contributed by atoms with Crippen LogP contribution in [0.2, 0.25) is 0 Å². The van der Waals surface area contributed by atoms with Gasteiger partial charge in [-0.3, -0.25) is 0 Å². The summed E-state index contributed by atoms with van der Waals surface area (Å²) in [7, 11) is 0. The molecular formula is C12H15BrO. The highest BCUT2D eigenvalue weighted by Crippen LogP contribution is 2.26. The predicted molar refractivity (Wildman–Crippen MR) is 63.8 cm³/mol. The van der Waals surface area contributed by atoms with Crippen LogP contribution in [0.15, 0.2) is 35.3 Å². The Morgan fingerprint density at radius 1 is 1.50 bits per heavy atom. The summed E-state index contributed by atoms with van der Waals surface area (Å²) in [6, 6.07) is 6.21. The van der Waals surface area contributed by atoms with E-state index in [1.54, 1.807) is 0 Å². The average molecular weight is 255 g/mol. The Kier molecular flexibility index (Phi) is 4.74. The molecule has 0 radical (unpaired) electrons. The van der Waals surface area contributed by atoms with E-state index < -0.39 is 0 Å². The van der Waals surface area contributed by atoms with Crippen LogP contribution in [0.25, 0.3) is 0 Å². The summed E-state index contributed by atoms with van der Waals surface area (Å²) >= 11 is 3.49. The lowest BCUT2D eigenvalue weighted by molar-refractivity contribution is 0.338. The summed E-state index contributed by atoms with van der Waals surface area (Å²) in [5.74, 6) is 0.912. The molecule has 0 aromatic heterocycles. The SMILES string of the molecule is C=CCCc1ccc(OCC)c(Br)c1. The molecule has 0 amide bonds. The maximum atomic E-state index is 5.43. The van der Waals surface area contributed by atoms with E-state index in [4.69, 9.17) is 4.74 Å². The van der Waals surface area contributed by atoms with Crippen LogP contribution >= 0.6 is 15.9 Å². The molecule has 1 rings (SSSR count). The molecule has 0 heterocycles. The van der Waals surface area contributed by atoms with Crippen molar-refractivity contribution in [1.82, 2.24) is 0 Å². The molecule has 0 atom stereocenters. The van der Waals surface area contributed by atoms with Crippen LogP contribution in [0.3, 0.4) is 0 Å². The summed E-state index contributed by atoms with van der Waals surface area (Å²) in [6.07, 6.45) is 3.99. The molecule has 1 aromatic rings. The van der Waals surface area contributed by atoms with Gasteiger partial charge in [-0.1, -0.05) is 12.1 Å². The average Bonchev–Trinajstić information content (AvgIpc) is 2.19. The van der Waals surface area contributed by atoms with Crippen molar-refractivity contribution < 1.29 is 4.74 Å². The first-order valence-corrected chi connectivity index (χ1v) is 5.59. The van der Waals surface area contributed by atoms with Gasteiger partial charge in [0.15, 0.2) is 0 Å². The number of hydrogen-bond acceptors (Lipinski definition) is 1. The third-order valence-corrected chi connectivity index (χ3v) is 2.55. The largest absolute Gasteiger partial charge is 0.493 e. The van der Waals surface area contributed by atoms with Crippen molar-refractivity contribution in [3.05, 3.63) is 40.9 Å². The van der Waals surface area contributed by atoms with Crippen molar-refractivity contribution in [2.45, 2.75) is 19.8 Å². The molecule has 0 aliphatic carbocycles.